The average molecular weight is 361 g/mol. The Morgan fingerprint density at radius 2 is 1.82 bits per heavy atom. The topological polar surface area (TPSA) is 26.3 Å². The second-order valence-corrected chi connectivity index (χ2v) is 13.1. The molecule has 0 heterocycles. The van der Waals surface area contributed by atoms with Crippen LogP contribution in [0.3, 0.4) is 0 Å². The Morgan fingerprint density at radius 3 is 2.36 bits per heavy atom. The maximum absolute atomic E-state index is 13.0. The van der Waals surface area contributed by atoms with Crippen LogP contribution in [0.15, 0.2) is 30.3 Å². The van der Waals surface area contributed by atoms with Crippen molar-refractivity contribution in [1.29, 1.82) is 0 Å². The van der Waals surface area contributed by atoms with Crippen LogP contribution in [-0.2, 0) is 15.5 Å². The van der Waals surface area contributed by atoms with E-state index in [2.05, 4.69) is 32.9 Å². The van der Waals surface area contributed by atoms with Crippen LogP contribution in [0.5, 0.6) is 0 Å². The molecule has 5 heteroatoms. The first-order valence-corrected chi connectivity index (χ1v) is 12.0. The molecule has 2 nitrogen and oxygen atoms in total. The molecule has 0 fully saturated rings. The Kier molecular flexibility index (Phi) is 8.63. The first kappa shape index (κ1) is 20.2. The lowest BCUT2D eigenvalue weighted by Gasteiger charge is -2.23. The number of hydrogen-bond acceptors (Lipinski definition) is 4. The Hall–Kier alpha value is 0.110. The predicted molar refractivity (Wildman–Crippen MR) is 104 cm³/mol. The molecule has 1 unspecified atom stereocenters. The number of aryl methyl sites for hydroxylation is 1. The van der Waals surface area contributed by atoms with E-state index in [4.69, 9.17) is 4.52 Å². The van der Waals surface area contributed by atoms with E-state index >= 15 is 0 Å². The summed E-state index contributed by atoms with van der Waals surface area (Å²) in [5, 5.41) is 0. The van der Waals surface area contributed by atoms with Crippen LogP contribution in [-0.4, -0.2) is 28.9 Å². The van der Waals surface area contributed by atoms with Crippen molar-refractivity contribution in [2.24, 2.45) is 0 Å². The fourth-order valence-electron chi connectivity index (χ4n) is 1.85. The van der Waals surface area contributed by atoms with Crippen LogP contribution < -0.4 is 0 Å². The molecule has 0 aromatic heterocycles. The van der Waals surface area contributed by atoms with E-state index in [-0.39, 0.29) is 10.4 Å². The van der Waals surface area contributed by atoms with Gasteiger partial charge in [0.15, 0.2) is 0 Å². The lowest BCUT2D eigenvalue weighted by molar-refractivity contribution is 0.331. The molecule has 0 spiro atoms. The van der Waals surface area contributed by atoms with Crippen LogP contribution in [0.2, 0.25) is 0 Å². The van der Waals surface area contributed by atoms with Gasteiger partial charge in [-0.3, -0.25) is 4.57 Å². The summed E-state index contributed by atoms with van der Waals surface area (Å²) in [5.41, 5.74) is 1.31. The largest absolute Gasteiger partial charge is 0.327 e. The summed E-state index contributed by atoms with van der Waals surface area (Å²) in [6.07, 6.45) is 1.45. The van der Waals surface area contributed by atoms with Crippen molar-refractivity contribution in [2.45, 2.75) is 51.4 Å². The fraction of sp³-hybridized carbons (Fsp3) is 0.647. The smallest absolute Gasteiger partial charge is 0.205 e. The summed E-state index contributed by atoms with van der Waals surface area (Å²) >= 11 is 0. The summed E-state index contributed by atoms with van der Waals surface area (Å²) in [6.45, 7) is 11.2. The molecule has 22 heavy (non-hydrogen) atoms. The van der Waals surface area contributed by atoms with E-state index in [1.54, 1.807) is 10.8 Å². The molecule has 0 saturated carbocycles. The quantitative estimate of drug-likeness (QED) is 0.301. The van der Waals surface area contributed by atoms with E-state index in [1.165, 1.54) is 5.56 Å². The molecule has 1 atom stereocenters. The third-order valence-electron chi connectivity index (χ3n) is 3.13. The van der Waals surface area contributed by atoms with Gasteiger partial charge in [0.1, 0.15) is 0 Å². The van der Waals surface area contributed by atoms with E-state index in [9.17, 15) is 4.57 Å². The van der Waals surface area contributed by atoms with Gasteiger partial charge in [0.2, 0.25) is 7.37 Å². The minimum atomic E-state index is -2.56. The number of rotatable bonds is 9. The molecule has 0 aliphatic heterocycles. The molecule has 1 aromatic carbocycles. The Bertz CT molecular complexity index is 469. The molecule has 0 N–H and O–H groups in total. The van der Waals surface area contributed by atoms with Crippen molar-refractivity contribution in [1.82, 2.24) is 0 Å². The second kappa shape index (κ2) is 9.42. The van der Waals surface area contributed by atoms with Crippen molar-refractivity contribution in [3.63, 3.8) is 0 Å². The zero-order chi connectivity index (χ0) is 16.6. The van der Waals surface area contributed by atoms with Gasteiger partial charge in [-0.05, 0) is 12.0 Å². The van der Waals surface area contributed by atoms with Gasteiger partial charge < -0.3 is 4.52 Å². The van der Waals surface area contributed by atoms with E-state index in [0.717, 1.165) is 12.2 Å². The molecule has 0 bridgehead atoms. The number of hydrogen-bond donors (Lipinski definition) is 0. The molecule has 0 saturated heterocycles. The van der Waals surface area contributed by atoms with Gasteiger partial charge in [-0.2, -0.15) is 0 Å². The minimum absolute atomic E-state index is 0.0801. The lowest BCUT2D eigenvalue weighted by atomic mass is 10.2. The highest BCUT2D eigenvalue weighted by atomic mass is 33.1. The van der Waals surface area contributed by atoms with Gasteiger partial charge in [-0.25, -0.2) is 0 Å². The van der Waals surface area contributed by atoms with Gasteiger partial charge in [-0.1, -0.05) is 86.5 Å². The van der Waals surface area contributed by atoms with Crippen LogP contribution in [0.4, 0.5) is 0 Å². The molecule has 0 radical (unpaired) electrons. The van der Waals surface area contributed by atoms with Gasteiger partial charge in [-0.15, -0.1) is 0 Å². The Labute approximate surface area is 144 Å². The Morgan fingerprint density at radius 1 is 1.18 bits per heavy atom. The minimum Gasteiger partial charge on any atom is -0.327 e. The normalized spacial score (nSPS) is 15.0. The molecular formula is C17H29O2PS2. The number of benzene rings is 1. The SMILES string of the molecule is CC(C)P(=O)(CCc1ccccc1)OCCSSC(C)(C)C. The lowest BCUT2D eigenvalue weighted by Crippen LogP contribution is -2.10. The van der Waals surface area contributed by atoms with Crippen molar-refractivity contribution in [3.8, 4) is 0 Å². The van der Waals surface area contributed by atoms with Crippen molar-refractivity contribution in [2.75, 3.05) is 18.5 Å². The maximum atomic E-state index is 13.0. The maximum Gasteiger partial charge on any atom is 0.205 e. The predicted octanol–water partition coefficient (Wildman–Crippen LogP) is 6.11. The van der Waals surface area contributed by atoms with E-state index < -0.39 is 7.37 Å². The standard InChI is InChI=1S/C17H29O2PS2/c1-15(2)20(18,13-11-16-9-7-6-8-10-16)19-12-14-21-22-17(3,4)5/h6-10,15H,11-14H2,1-5H3. The van der Waals surface area contributed by atoms with Crippen LogP contribution in [0.1, 0.15) is 40.2 Å². The summed E-state index contributed by atoms with van der Waals surface area (Å²) in [4.78, 5) is 0. The van der Waals surface area contributed by atoms with E-state index in [1.807, 2.05) is 42.8 Å². The molecule has 126 valence electrons. The molecule has 0 amide bonds. The van der Waals surface area contributed by atoms with E-state index in [0.29, 0.717) is 12.8 Å². The molecule has 1 rings (SSSR count). The summed E-state index contributed by atoms with van der Waals surface area (Å²) < 4.78 is 19.1. The van der Waals surface area contributed by atoms with Crippen LogP contribution >= 0.6 is 29.0 Å². The van der Waals surface area contributed by atoms with Crippen molar-refractivity contribution >= 4 is 29.0 Å². The summed E-state index contributed by atoms with van der Waals surface area (Å²) in [7, 11) is 1.09. The Balaban J connectivity index is 2.41. The molecule has 0 aliphatic rings. The highest BCUT2D eigenvalue weighted by Crippen LogP contribution is 2.52. The summed E-state index contributed by atoms with van der Waals surface area (Å²) in [6, 6.07) is 10.2. The van der Waals surface area contributed by atoms with Gasteiger partial charge >= 0.3 is 0 Å². The first-order valence-electron chi connectivity index (χ1n) is 7.81. The zero-order valence-electron chi connectivity index (χ0n) is 14.4. The third kappa shape index (κ3) is 8.10. The van der Waals surface area contributed by atoms with Crippen molar-refractivity contribution < 1.29 is 9.09 Å². The monoisotopic (exact) mass is 360 g/mol. The highest BCUT2D eigenvalue weighted by Gasteiger charge is 2.27. The van der Waals surface area contributed by atoms with Crippen LogP contribution in [0, 0.1) is 0 Å². The average Bonchev–Trinajstić information content (AvgIpc) is 2.44. The highest BCUT2D eigenvalue weighted by molar-refractivity contribution is 8.77. The van der Waals surface area contributed by atoms with Gasteiger partial charge in [0.05, 0.1) is 6.61 Å². The molecule has 1 aromatic rings. The third-order valence-corrected chi connectivity index (χ3v) is 9.47. The molecular weight excluding hydrogens is 331 g/mol. The summed E-state index contributed by atoms with van der Waals surface area (Å²) in [5.74, 6) is 0.879. The second-order valence-electron chi connectivity index (χ2n) is 6.63. The molecule has 0 aliphatic carbocycles. The van der Waals surface area contributed by atoms with Gasteiger partial charge in [0, 0.05) is 22.3 Å². The van der Waals surface area contributed by atoms with Gasteiger partial charge in [0.25, 0.3) is 0 Å². The van der Waals surface area contributed by atoms with Crippen LogP contribution in [0.25, 0.3) is 0 Å². The fourth-order valence-corrected chi connectivity index (χ4v) is 5.99. The first-order chi connectivity index (χ1) is 10.2. The zero-order valence-corrected chi connectivity index (χ0v) is 16.9. The van der Waals surface area contributed by atoms with Crippen molar-refractivity contribution in [3.05, 3.63) is 35.9 Å².